The molecule has 1 fully saturated rings. The number of rotatable bonds is 6. The maximum Gasteiger partial charge on any atom is 0.304 e. The topological polar surface area (TPSA) is 92.7 Å². The van der Waals surface area contributed by atoms with E-state index in [0.29, 0.717) is 6.61 Å². The molecule has 1 saturated heterocycles. The Morgan fingerprint density at radius 1 is 1.56 bits per heavy atom. The minimum absolute atomic E-state index is 0.203. The van der Waals surface area contributed by atoms with Crippen molar-refractivity contribution in [3.05, 3.63) is 0 Å². The molecule has 1 aliphatic rings. The van der Waals surface area contributed by atoms with Crippen molar-refractivity contribution in [3.8, 4) is 0 Å². The summed E-state index contributed by atoms with van der Waals surface area (Å²) in [5.41, 5.74) is -0.448. The molecular formula is C9H17NO5S. The van der Waals surface area contributed by atoms with Crippen LogP contribution in [0, 0.1) is 0 Å². The first-order valence-corrected chi connectivity index (χ1v) is 6.81. The van der Waals surface area contributed by atoms with E-state index in [1.54, 1.807) is 0 Å². The molecule has 1 rings (SSSR count). The Kier molecular flexibility index (Phi) is 4.28. The summed E-state index contributed by atoms with van der Waals surface area (Å²) in [6.07, 6.45) is 1.36. The number of nitrogens with one attached hydrogen (secondary N) is 1. The summed E-state index contributed by atoms with van der Waals surface area (Å²) in [6.45, 7) is 2.70. The zero-order valence-corrected chi connectivity index (χ0v) is 10.0. The normalized spacial score (nSPS) is 25.8. The number of hydrogen-bond acceptors (Lipinski definition) is 4. The lowest BCUT2D eigenvalue weighted by Crippen LogP contribution is -2.41. The quantitative estimate of drug-likeness (QED) is 0.690. The molecule has 6 nitrogen and oxygen atoms in total. The third-order valence-electron chi connectivity index (χ3n) is 2.55. The third-order valence-corrected chi connectivity index (χ3v) is 3.88. The molecule has 0 aromatic carbocycles. The van der Waals surface area contributed by atoms with E-state index in [2.05, 4.69) is 4.72 Å². The van der Waals surface area contributed by atoms with Gasteiger partial charge in [-0.3, -0.25) is 4.79 Å². The van der Waals surface area contributed by atoms with Gasteiger partial charge in [-0.15, -0.1) is 0 Å². The lowest BCUT2D eigenvalue weighted by Gasteiger charge is -2.23. The van der Waals surface area contributed by atoms with E-state index in [0.717, 1.165) is 12.8 Å². The predicted octanol–water partition coefficient (Wildman–Crippen LogP) is -0.0504. The molecule has 0 saturated carbocycles. The van der Waals surface area contributed by atoms with E-state index in [1.165, 1.54) is 0 Å². The fourth-order valence-electron chi connectivity index (χ4n) is 1.53. The zero-order chi connectivity index (χ0) is 12.2. The van der Waals surface area contributed by atoms with E-state index in [4.69, 9.17) is 9.84 Å². The number of aliphatic carboxylic acids is 1. The summed E-state index contributed by atoms with van der Waals surface area (Å²) in [4.78, 5) is 10.3. The van der Waals surface area contributed by atoms with Crippen LogP contribution in [0.15, 0.2) is 0 Å². The van der Waals surface area contributed by atoms with E-state index in [1.807, 2.05) is 6.92 Å². The van der Waals surface area contributed by atoms with Gasteiger partial charge in [0, 0.05) is 13.2 Å². The van der Waals surface area contributed by atoms with Crippen LogP contribution in [0.25, 0.3) is 0 Å². The molecular weight excluding hydrogens is 234 g/mol. The second kappa shape index (κ2) is 5.11. The van der Waals surface area contributed by atoms with Crippen molar-refractivity contribution in [3.63, 3.8) is 0 Å². The van der Waals surface area contributed by atoms with Crippen molar-refractivity contribution in [2.24, 2.45) is 0 Å². The van der Waals surface area contributed by atoms with Crippen LogP contribution < -0.4 is 4.72 Å². The first kappa shape index (κ1) is 13.4. The lowest BCUT2D eigenvalue weighted by atomic mass is 10.0. The van der Waals surface area contributed by atoms with Crippen LogP contribution in [0.1, 0.15) is 26.2 Å². The largest absolute Gasteiger partial charge is 0.481 e. The van der Waals surface area contributed by atoms with Crippen LogP contribution in [0.4, 0.5) is 0 Å². The van der Waals surface area contributed by atoms with Crippen LogP contribution in [-0.2, 0) is 19.6 Å². The van der Waals surface area contributed by atoms with Gasteiger partial charge >= 0.3 is 5.97 Å². The molecule has 94 valence electrons. The molecule has 1 heterocycles. The number of sulfonamides is 1. The van der Waals surface area contributed by atoms with Gasteiger partial charge in [0.05, 0.1) is 17.8 Å². The van der Waals surface area contributed by atoms with E-state index < -0.39 is 27.3 Å². The SMILES string of the molecule is CC1(CNS(=O)(=O)CCC(=O)O)CCCO1. The summed E-state index contributed by atoms with van der Waals surface area (Å²) in [7, 11) is -3.51. The van der Waals surface area contributed by atoms with Crippen molar-refractivity contribution < 1.29 is 23.1 Å². The minimum Gasteiger partial charge on any atom is -0.481 e. The highest BCUT2D eigenvalue weighted by atomic mass is 32.2. The Labute approximate surface area is 95.0 Å². The Hall–Kier alpha value is -0.660. The standard InChI is InChI=1S/C9H17NO5S/c1-9(4-2-5-15-9)7-10-16(13,14)6-3-8(11)12/h10H,2-7H2,1H3,(H,11,12). The van der Waals surface area contributed by atoms with Gasteiger partial charge < -0.3 is 9.84 Å². The van der Waals surface area contributed by atoms with Crippen LogP contribution in [0.3, 0.4) is 0 Å². The molecule has 1 unspecified atom stereocenters. The van der Waals surface area contributed by atoms with Gasteiger partial charge in [0.2, 0.25) is 10.0 Å². The minimum atomic E-state index is -3.51. The molecule has 16 heavy (non-hydrogen) atoms. The molecule has 0 aliphatic carbocycles. The Morgan fingerprint density at radius 2 is 2.25 bits per heavy atom. The Bertz CT molecular complexity index is 345. The van der Waals surface area contributed by atoms with E-state index in [9.17, 15) is 13.2 Å². The molecule has 1 atom stereocenters. The van der Waals surface area contributed by atoms with Crippen molar-refractivity contribution in [1.82, 2.24) is 4.72 Å². The Morgan fingerprint density at radius 3 is 2.75 bits per heavy atom. The van der Waals surface area contributed by atoms with Crippen molar-refractivity contribution in [2.75, 3.05) is 18.9 Å². The molecule has 0 amide bonds. The van der Waals surface area contributed by atoms with E-state index >= 15 is 0 Å². The highest BCUT2D eigenvalue weighted by Crippen LogP contribution is 2.24. The summed E-state index contributed by atoms with van der Waals surface area (Å²) < 4.78 is 30.6. The lowest BCUT2D eigenvalue weighted by molar-refractivity contribution is -0.136. The van der Waals surface area contributed by atoms with Gasteiger partial charge in [0.15, 0.2) is 0 Å². The molecule has 7 heteroatoms. The second-order valence-corrected chi connectivity index (χ2v) is 6.11. The number of carbonyl (C=O) groups is 1. The van der Waals surface area contributed by atoms with Gasteiger partial charge in [-0.2, -0.15) is 0 Å². The summed E-state index contributed by atoms with van der Waals surface area (Å²) >= 11 is 0. The van der Waals surface area contributed by atoms with Gasteiger partial charge in [-0.05, 0) is 19.8 Å². The smallest absolute Gasteiger partial charge is 0.304 e. The molecule has 1 aliphatic heterocycles. The van der Waals surface area contributed by atoms with Crippen molar-refractivity contribution in [1.29, 1.82) is 0 Å². The zero-order valence-electron chi connectivity index (χ0n) is 9.23. The van der Waals surface area contributed by atoms with Gasteiger partial charge in [-0.25, -0.2) is 13.1 Å². The van der Waals surface area contributed by atoms with Gasteiger partial charge in [0.25, 0.3) is 0 Å². The molecule has 0 bridgehead atoms. The highest BCUT2D eigenvalue weighted by molar-refractivity contribution is 7.89. The predicted molar refractivity (Wildman–Crippen MR) is 57.6 cm³/mol. The fraction of sp³-hybridized carbons (Fsp3) is 0.889. The summed E-state index contributed by atoms with van der Waals surface area (Å²) in [6, 6.07) is 0. The average Bonchev–Trinajstić information content (AvgIpc) is 2.61. The average molecular weight is 251 g/mol. The molecule has 2 N–H and O–H groups in total. The number of hydrogen-bond donors (Lipinski definition) is 2. The van der Waals surface area contributed by atoms with Crippen molar-refractivity contribution >= 4 is 16.0 Å². The fourth-order valence-corrected chi connectivity index (χ4v) is 2.65. The number of carboxylic acid groups (broad SMARTS) is 1. The first-order valence-electron chi connectivity index (χ1n) is 5.16. The number of carboxylic acids is 1. The highest BCUT2D eigenvalue weighted by Gasteiger charge is 2.31. The number of ether oxygens (including phenoxy) is 1. The van der Waals surface area contributed by atoms with Crippen LogP contribution >= 0.6 is 0 Å². The monoisotopic (exact) mass is 251 g/mol. The maximum atomic E-state index is 11.4. The van der Waals surface area contributed by atoms with Crippen LogP contribution in [0.2, 0.25) is 0 Å². The summed E-state index contributed by atoms with van der Waals surface area (Å²) in [5, 5.41) is 8.39. The first-order chi connectivity index (χ1) is 7.33. The van der Waals surface area contributed by atoms with Gasteiger partial charge in [-0.1, -0.05) is 0 Å². The van der Waals surface area contributed by atoms with Gasteiger partial charge in [0.1, 0.15) is 0 Å². The van der Waals surface area contributed by atoms with Crippen LogP contribution in [0.5, 0.6) is 0 Å². The summed E-state index contributed by atoms with van der Waals surface area (Å²) in [5.74, 6) is -1.51. The van der Waals surface area contributed by atoms with Crippen LogP contribution in [-0.4, -0.2) is 44.0 Å². The molecule has 0 aromatic heterocycles. The molecule has 0 radical (unpaired) electrons. The van der Waals surface area contributed by atoms with E-state index in [-0.39, 0.29) is 13.0 Å². The molecule has 0 aromatic rings. The Balaban J connectivity index is 2.38. The third kappa shape index (κ3) is 4.46. The second-order valence-electron chi connectivity index (χ2n) is 4.19. The van der Waals surface area contributed by atoms with Crippen molar-refractivity contribution in [2.45, 2.75) is 31.8 Å². The maximum absolute atomic E-state index is 11.4. The molecule has 0 spiro atoms.